The highest BCUT2D eigenvalue weighted by Crippen LogP contribution is 2.40. The van der Waals surface area contributed by atoms with Crippen molar-refractivity contribution in [3.8, 4) is 0 Å². The number of carbonyl (C=O) groups is 3. The maximum Gasteiger partial charge on any atom is 0.254 e. The second kappa shape index (κ2) is 12.0. The summed E-state index contributed by atoms with van der Waals surface area (Å²) in [5.41, 5.74) is 2.70. The summed E-state index contributed by atoms with van der Waals surface area (Å²) in [4.78, 5) is 42.4. The topological polar surface area (TPSA) is 69.7 Å². The van der Waals surface area contributed by atoms with Gasteiger partial charge in [0.15, 0.2) is 0 Å². The summed E-state index contributed by atoms with van der Waals surface area (Å²) in [5, 5.41) is 3.51. The van der Waals surface area contributed by atoms with Gasteiger partial charge in [0, 0.05) is 46.3 Å². The largest absolute Gasteiger partial charge is 0.335 e. The van der Waals surface area contributed by atoms with Crippen molar-refractivity contribution in [1.82, 2.24) is 15.1 Å². The van der Waals surface area contributed by atoms with Gasteiger partial charge in [-0.3, -0.25) is 14.4 Å². The summed E-state index contributed by atoms with van der Waals surface area (Å²) < 4.78 is 0.985. The fourth-order valence-electron chi connectivity index (χ4n) is 4.12. The Morgan fingerprint density at radius 3 is 2.49 bits per heavy atom. The van der Waals surface area contributed by atoms with Crippen molar-refractivity contribution < 1.29 is 14.4 Å². The van der Waals surface area contributed by atoms with Gasteiger partial charge in [-0.15, -0.1) is 0 Å². The van der Waals surface area contributed by atoms with Gasteiger partial charge in [0.1, 0.15) is 0 Å². The average Bonchev–Trinajstić information content (AvgIpc) is 3.69. The molecule has 0 radical (unpaired) electrons. The van der Waals surface area contributed by atoms with Gasteiger partial charge in [-0.1, -0.05) is 55.7 Å². The van der Waals surface area contributed by atoms with Crippen LogP contribution in [0.1, 0.15) is 54.6 Å². The van der Waals surface area contributed by atoms with Crippen molar-refractivity contribution in [3.05, 3.63) is 63.4 Å². The number of benzene rings is 1. The molecule has 0 spiro atoms. The molecule has 0 unspecified atom stereocenters. The van der Waals surface area contributed by atoms with Crippen molar-refractivity contribution in [2.75, 3.05) is 19.6 Å². The fraction of sp³-hybridized carbons (Fsp3) is 0.444. The van der Waals surface area contributed by atoms with Crippen LogP contribution in [0.25, 0.3) is 0 Å². The zero-order valence-corrected chi connectivity index (χ0v) is 22.7. The summed E-state index contributed by atoms with van der Waals surface area (Å²) >= 11 is 3.00. The van der Waals surface area contributed by atoms with Crippen LogP contribution in [0.5, 0.6) is 0 Å². The number of hydrogen-bond acceptors (Lipinski definition) is 5. The molecule has 1 atom stereocenters. The molecule has 0 bridgehead atoms. The van der Waals surface area contributed by atoms with Crippen LogP contribution in [0.15, 0.2) is 51.6 Å². The van der Waals surface area contributed by atoms with E-state index in [1.165, 1.54) is 17.8 Å². The molecule has 1 aromatic carbocycles. The van der Waals surface area contributed by atoms with Crippen molar-refractivity contribution in [2.24, 2.45) is 5.92 Å². The molecule has 3 amide bonds. The Morgan fingerprint density at radius 1 is 1.17 bits per heavy atom. The zero-order valence-electron chi connectivity index (χ0n) is 21.1. The van der Waals surface area contributed by atoms with E-state index >= 15 is 0 Å². The lowest BCUT2D eigenvalue weighted by molar-refractivity contribution is -0.130. The Bertz CT molecular complexity index is 1060. The number of amides is 3. The molecule has 6 nitrogen and oxygen atoms in total. The van der Waals surface area contributed by atoms with E-state index in [0.29, 0.717) is 30.2 Å². The average molecular weight is 514 g/mol. The van der Waals surface area contributed by atoms with E-state index in [9.17, 15) is 14.4 Å². The van der Waals surface area contributed by atoms with Gasteiger partial charge in [-0.25, -0.2) is 0 Å². The Hall–Kier alpha value is -2.45. The van der Waals surface area contributed by atoms with Crippen LogP contribution in [-0.2, 0) is 9.59 Å². The third kappa shape index (κ3) is 6.82. The zero-order chi connectivity index (χ0) is 25.7. The molecule has 35 heavy (non-hydrogen) atoms. The predicted molar refractivity (Wildman–Crippen MR) is 145 cm³/mol. The minimum atomic E-state index is -0.0829. The first kappa shape index (κ1) is 27.1. The number of aryl methyl sites for hydroxylation is 2. The molecule has 1 N–H and O–H groups in total. The number of carbonyl (C=O) groups excluding carboxylic acids is 3. The number of thioether (sulfide) groups is 2. The Labute approximate surface area is 217 Å². The van der Waals surface area contributed by atoms with Crippen molar-refractivity contribution >= 4 is 41.2 Å². The van der Waals surface area contributed by atoms with Crippen LogP contribution in [0.4, 0.5) is 0 Å². The standard InChI is InChI=1S/C27H35N3O3S2/c1-7-21-16-29(12-13-30(21)24(31)8-2)27(33)22-15-23(18(5)14-17(22)4)35-25(9-3)34-19(6)28-26(32)20-10-11-20/h8-9,14-15,20-21H,2,6-7,10-13,16H2,1,3-5H3,(H,28,32)/b25-9+/t21-/m1/s1. The number of hydrogen-bond donors (Lipinski definition) is 1. The molecule has 1 aliphatic carbocycles. The van der Waals surface area contributed by atoms with E-state index in [2.05, 4.69) is 18.5 Å². The summed E-state index contributed by atoms with van der Waals surface area (Å²) in [6, 6.07) is 4.00. The fourth-order valence-corrected chi connectivity index (χ4v) is 6.10. The van der Waals surface area contributed by atoms with E-state index in [-0.39, 0.29) is 29.7 Å². The molecule has 8 heteroatoms. The molecule has 188 valence electrons. The first-order chi connectivity index (χ1) is 16.7. The Kier molecular flexibility index (Phi) is 9.30. The SMILES string of the molecule is C=CC(=O)N1CCN(C(=O)c2cc(S/C(=C/C)SC(=C)NC(=O)C3CC3)c(C)cc2C)C[C@H]1CC. The summed E-state index contributed by atoms with van der Waals surface area (Å²) in [6.07, 6.45) is 6.02. The second-order valence-electron chi connectivity index (χ2n) is 8.98. The van der Waals surface area contributed by atoms with Crippen molar-refractivity contribution in [2.45, 2.75) is 57.9 Å². The van der Waals surface area contributed by atoms with Gasteiger partial charge in [-0.05, 0) is 63.3 Å². The third-order valence-electron chi connectivity index (χ3n) is 6.33. The highest BCUT2D eigenvalue weighted by molar-refractivity contribution is 8.24. The number of rotatable bonds is 9. The maximum absolute atomic E-state index is 13.5. The van der Waals surface area contributed by atoms with Gasteiger partial charge in [0.05, 0.1) is 5.03 Å². The number of nitrogens with one attached hydrogen (secondary N) is 1. The van der Waals surface area contributed by atoms with Crippen LogP contribution < -0.4 is 5.32 Å². The van der Waals surface area contributed by atoms with Gasteiger partial charge in [0.2, 0.25) is 11.8 Å². The van der Waals surface area contributed by atoms with Crippen LogP contribution in [0.3, 0.4) is 0 Å². The quantitative estimate of drug-likeness (QED) is 0.361. The van der Waals surface area contributed by atoms with E-state index in [1.807, 2.05) is 55.7 Å². The first-order valence-electron chi connectivity index (χ1n) is 12.0. The Balaban J connectivity index is 1.72. The number of allylic oxidation sites excluding steroid dienone is 1. The van der Waals surface area contributed by atoms with Gasteiger partial charge < -0.3 is 15.1 Å². The van der Waals surface area contributed by atoms with E-state index in [0.717, 1.165) is 39.5 Å². The highest BCUT2D eigenvalue weighted by atomic mass is 32.2. The van der Waals surface area contributed by atoms with E-state index in [4.69, 9.17) is 0 Å². The van der Waals surface area contributed by atoms with Gasteiger partial charge in [0.25, 0.3) is 5.91 Å². The maximum atomic E-state index is 13.5. The third-order valence-corrected chi connectivity index (χ3v) is 8.71. The minimum absolute atomic E-state index is 0.00992. The van der Waals surface area contributed by atoms with Gasteiger partial charge >= 0.3 is 0 Å². The lowest BCUT2D eigenvalue weighted by Gasteiger charge is -2.41. The summed E-state index contributed by atoms with van der Waals surface area (Å²) in [5.74, 6) is 0.0818. The molecule has 1 heterocycles. The second-order valence-corrected chi connectivity index (χ2v) is 11.5. The van der Waals surface area contributed by atoms with E-state index in [1.54, 1.807) is 11.8 Å². The molecule has 3 rings (SSSR count). The lowest BCUT2D eigenvalue weighted by atomic mass is 10.0. The molecule has 1 aliphatic heterocycles. The smallest absolute Gasteiger partial charge is 0.254 e. The van der Waals surface area contributed by atoms with Crippen LogP contribution >= 0.6 is 23.5 Å². The normalized spacial score (nSPS) is 18.3. The molecule has 2 fully saturated rings. The first-order valence-corrected chi connectivity index (χ1v) is 13.7. The monoisotopic (exact) mass is 513 g/mol. The number of piperazine rings is 1. The summed E-state index contributed by atoms with van der Waals surface area (Å²) in [6.45, 7) is 17.1. The van der Waals surface area contributed by atoms with Crippen LogP contribution in [0.2, 0.25) is 0 Å². The minimum Gasteiger partial charge on any atom is -0.335 e. The van der Waals surface area contributed by atoms with Crippen molar-refractivity contribution in [3.63, 3.8) is 0 Å². The van der Waals surface area contributed by atoms with Crippen LogP contribution in [0, 0.1) is 19.8 Å². The molecule has 1 aromatic rings. The molecule has 0 aromatic heterocycles. The molecular weight excluding hydrogens is 478 g/mol. The van der Waals surface area contributed by atoms with Crippen LogP contribution in [-0.4, -0.2) is 53.2 Å². The van der Waals surface area contributed by atoms with E-state index < -0.39 is 0 Å². The highest BCUT2D eigenvalue weighted by Gasteiger charge is 2.32. The molecule has 2 aliphatic rings. The molecule has 1 saturated carbocycles. The Morgan fingerprint density at radius 2 is 1.89 bits per heavy atom. The lowest BCUT2D eigenvalue weighted by Crippen LogP contribution is -2.56. The molecular formula is C27H35N3O3S2. The number of nitrogens with zero attached hydrogens (tertiary/aromatic N) is 2. The van der Waals surface area contributed by atoms with Gasteiger partial charge in [-0.2, -0.15) is 0 Å². The molecule has 1 saturated heterocycles. The summed E-state index contributed by atoms with van der Waals surface area (Å²) in [7, 11) is 0. The van der Waals surface area contributed by atoms with Crippen molar-refractivity contribution in [1.29, 1.82) is 0 Å². The predicted octanol–water partition coefficient (Wildman–Crippen LogP) is 5.24.